The molecule has 0 unspecified atom stereocenters. The van der Waals surface area contributed by atoms with Gasteiger partial charge in [0.2, 0.25) is 0 Å². The highest BCUT2D eigenvalue weighted by Gasteiger charge is 2.30. The molecule has 114 valence electrons. The third kappa shape index (κ3) is 2.92. The second-order valence-electron chi connectivity index (χ2n) is 5.35. The number of nitrogens with zero attached hydrogens (tertiary/aromatic N) is 3. The molecular formula is C13H15BN4O3S. The number of aromatic amines is 1. The molecule has 4 rings (SSSR count). The Morgan fingerprint density at radius 2 is 2.36 bits per heavy atom. The average Bonchev–Trinajstić information content (AvgIpc) is 2.97. The molecule has 2 aliphatic heterocycles. The Labute approximate surface area is 132 Å². The number of benzene rings is 1. The first kappa shape index (κ1) is 13.9. The molecular weight excluding hydrogens is 303 g/mol. The molecule has 9 heteroatoms. The topological polar surface area (TPSA) is 83.5 Å². The van der Waals surface area contributed by atoms with Crippen molar-refractivity contribution in [2.75, 3.05) is 13.1 Å². The molecule has 0 bridgehead atoms. The largest absolute Gasteiger partial charge is 0.536 e. The van der Waals surface area contributed by atoms with E-state index in [2.05, 4.69) is 19.5 Å². The quantitative estimate of drug-likeness (QED) is 0.642. The smallest absolute Gasteiger partial charge is 0.522 e. The van der Waals surface area contributed by atoms with Crippen molar-refractivity contribution in [3.63, 3.8) is 0 Å². The molecule has 1 aromatic heterocycles. The molecule has 1 fully saturated rings. The molecule has 0 amide bonds. The molecule has 2 aliphatic rings. The predicted molar refractivity (Wildman–Crippen MR) is 81.8 cm³/mol. The minimum atomic E-state index is -0.708. The number of ether oxygens (including phenoxy) is 1. The van der Waals surface area contributed by atoms with Crippen LogP contribution in [0.5, 0.6) is 11.5 Å². The molecule has 1 saturated heterocycles. The van der Waals surface area contributed by atoms with Crippen molar-refractivity contribution in [3.8, 4) is 11.5 Å². The average molecular weight is 318 g/mol. The fourth-order valence-electron chi connectivity index (χ4n) is 2.51. The Hall–Kier alpha value is -1.71. The number of hydrogen-bond acceptors (Lipinski definition) is 7. The Kier molecular flexibility index (Phi) is 3.69. The van der Waals surface area contributed by atoms with Gasteiger partial charge in [-0.05, 0) is 36.3 Å². The normalized spacial score (nSPS) is 18.5. The van der Waals surface area contributed by atoms with Gasteiger partial charge in [0.1, 0.15) is 23.9 Å². The van der Waals surface area contributed by atoms with E-state index in [9.17, 15) is 5.02 Å². The van der Waals surface area contributed by atoms with E-state index in [1.807, 2.05) is 18.2 Å². The van der Waals surface area contributed by atoms with Crippen molar-refractivity contribution in [3.05, 3.63) is 30.1 Å². The zero-order valence-electron chi connectivity index (χ0n) is 11.8. The molecule has 0 saturated carbocycles. The van der Waals surface area contributed by atoms with Crippen LogP contribution in [0.2, 0.25) is 6.32 Å². The van der Waals surface area contributed by atoms with Crippen LogP contribution in [0.25, 0.3) is 0 Å². The number of aromatic nitrogens is 3. The Bertz CT molecular complexity index is 651. The summed E-state index contributed by atoms with van der Waals surface area (Å²) in [4.78, 5) is 4.08. The molecule has 22 heavy (non-hydrogen) atoms. The van der Waals surface area contributed by atoms with E-state index in [4.69, 9.17) is 9.39 Å². The first-order valence-corrected chi connectivity index (χ1v) is 7.96. The summed E-state index contributed by atoms with van der Waals surface area (Å²) >= 11 is 1.54. The van der Waals surface area contributed by atoms with Gasteiger partial charge in [-0.3, -0.25) is 5.10 Å². The van der Waals surface area contributed by atoms with Crippen LogP contribution < -0.4 is 9.39 Å². The first-order chi connectivity index (χ1) is 10.8. The second kappa shape index (κ2) is 5.83. The highest BCUT2D eigenvalue weighted by atomic mass is 32.2. The van der Waals surface area contributed by atoms with Crippen LogP contribution in [0.3, 0.4) is 0 Å². The molecule has 2 aromatic rings. The van der Waals surface area contributed by atoms with Gasteiger partial charge in [-0.2, -0.15) is 5.10 Å². The van der Waals surface area contributed by atoms with E-state index < -0.39 is 7.12 Å². The lowest BCUT2D eigenvalue weighted by Gasteiger charge is -2.37. The Morgan fingerprint density at radius 1 is 1.45 bits per heavy atom. The zero-order valence-corrected chi connectivity index (χ0v) is 12.6. The van der Waals surface area contributed by atoms with Gasteiger partial charge in [-0.25, -0.2) is 9.29 Å². The van der Waals surface area contributed by atoms with Crippen LogP contribution in [-0.2, 0) is 6.42 Å². The molecule has 1 aromatic carbocycles. The fourth-order valence-corrected chi connectivity index (χ4v) is 3.43. The third-order valence-corrected chi connectivity index (χ3v) is 4.61. The fraction of sp³-hybridized carbons (Fsp3) is 0.385. The standard InChI is InChI=1S/C13H15BN4O3S/c19-14-4-3-9-1-2-10(5-12(9)21-14)20-11-6-18(7-11)22-13-15-8-16-17-13/h1-2,5,8,11,19H,3-4,6-7H2,(H,15,16,17). The molecule has 0 spiro atoms. The van der Waals surface area contributed by atoms with E-state index in [0.29, 0.717) is 6.32 Å². The maximum atomic E-state index is 9.56. The SMILES string of the molecule is OB1CCc2ccc(OC3CN(Sc4ncn[nH]4)C3)cc2O1. The minimum absolute atomic E-state index is 0.155. The van der Waals surface area contributed by atoms with Gasteiger partial charge in [0.05, 0.1) is 0 Å². The van der Waals surface area contributed by atoms with Gasteiger partial charge < -0.3 is 14.4 Å². The molecule has 0 atom stereocenters. The molecule has 0 aliphatic carbocycles. The summed E-state index contributed by atoms with van der Waals surface area (Å²) in [5.41, 5.74) is 1.12. The Morgan fingerprint density at radius 3 is 3.18 bits per heavy atom. The van der Waals surface area contributed by atoms with Crippen molar-refractivity contribution in [1.29, 1.82) is 0 Å². The Balaban J connectivity index is 1.32. The van der Waals surface area contributed by atoms with E-state index >= 15 is 0 Å². The first-order valence-electron chi connectivity index (χ1n) is 7.19. The summed E-state index contributed by atoms with van der Waals surface area (Å²) in [5.74, 6) is 1.51. The summed E-state index contributed by atoms with van der Waals surface area (Å²) in [5, 5.41) is 17.0. The summed E-state index contributed by atoms with van der Waals surface area (Å²) in [6.45, 7) is 1.65. The highest BCUT2D eigenvalue weighted by molar-refractivity contribution is 7.96. The van der Waals surface area contributed by atoms with Crippen molar-refractivity contribution in [2.24, 2.45) is 0 Å². The number of H-pyrrole nitrogens is 1. The van der Waals surface area contributed by atoms with Crippen LogP contribution in [0.1, 0.15) is 5.56 Å². The van der Waals surface area contributed by atoms with E-state index in [1.165, 1.54) is 6.33 Å². The van der Waals surface area contributed by atoms with Crippen LogP contribution >= 0.6 is 11.9 Å². The molecule has 7 nitrogen and oxygen atoms in total. The van der Waals surface area contributed by atoms with Gasteiger partial charge in [0.25, 0.3) is 0 Å². The number of fused-ring (bicyclic) bond motifs is 1. The predicted octanol–water partition coefficient (Wildman–Crippen LogP) is 0.990. The van der Waals surface area contributed by atoms with E-state index in [1.54, 1.807) is 11.9 Å². The molecule has 0 radical (unpaired) electrons. The zero-order chi connectivity index (χ0) is 14.9. The van der Waals surface area contributed by atoms with E-state index in [-0.39, 0.29) is 6.10 Å². The van der Waals surface area contributed by atoms with Gasteiger partial charge in [-0.1, -0.05) is 6.07 Å². The van der Waals surface area contributed by atoms with Crippen molar-refractivity contribution < 1.29 is 14.4 Å². The van der Waals surface area contributed by atoms with Crippen LogP contribution in [-0.4, -0.2) is 50.8 Å². The highest BCUT2D eigenvalue weighted by Crippen LogP contribution is 2.32. The summed E-state index contributed by atoms with van der Waals surface area (Å²) in [6, 6.07) is 5.84. The lowest BCUT2D eigenvalue weighted by molar-refractivity contribution is 0.0833. The van der Waals surface area contributed by atoms with Gasteiger partial charge >= 0.3 is 7.12 Å². The van der Waals surface area contributed by atoms with Crippen molar-refractivity contribution >= 4 is 19.1 Å². The summed E-state index contributed by atoms with van der Waals surface area (Å²) in [7, 11) is -0.708. The lowest BCUT2D eigenvalue weighted by atomic mass is 9.79. The summed E-state index contributed by atoms with van der Waals surface area (Å²) in [6.07, 6.45) is 3.13. The van der Waals surface area contributed by atoms with Crippen molar-refractivity contribution in [1.82, 2.24) is 19.5 Å². The van der Waals surface area contributed by atoms with Crippen LogP contribution in [0.4, 0.5) is 0 Å². The number of hydrogen-bond donors (Lipinski definition) is 2. The number of aryl methyl sites for hydroxylation is 1. The maximum Gasteiger partial charge on any atom is 0.522 e. The number of rotatable bonds is 4. The van der Waals surface area contributed by atoms with Gasteiger partial charge in [0.15, 0.2) is 5.16 Å². The third-order valence-electron chi connectivity index (χ3n) is 3.69. The summed E-state index contributed by atoms with van der Waals surface area (Å²) < 4.78 is 13.5. The van der Waals surface area contributed by atoms with Gasteiger partial charge in [0, 0.05) is 19.2 Å². The van der Waals surface area contributed by atoms with Crippen molar-refractivity contribution in [2.45, 2.75) is 24.0 Å². The molecule has 2 N–H and O–H groups in total. The lowest BCUT2D eigenvalue weighted by Crippen LogP contribution is -2.50. The molecule has 3 heterocycles. The van der Waals surface area contributed by atoms with Crippen LogP contribution in [0, 0.1) is 0 Å². The minimum Gasteiger partial charge on any atom is -0.536 e. The van der Waals surface area contributed by atoms with E-state index in [0.717, 1.165) is 41.7 Å². The maximum absolute atomic E-state index is 9.56. The van der Waals surface area contributed by atoms with Gasteiger partial charge in [-0.15, -0.1) is 0 Å². The second-order valence-corrected chi connectivity index (χ2v) is 6.44. The number of nitrogens with one attached hydrogen (secondary N) is 1. The van der Waals surface area contributed by atoms with Crippen LogP contribution in [0.15, 0.2) is 29.7 Å². The monoisotopic (exact) mass is 318 g/mol.